The lowest BCUT2D eigenvalue weighted by Crippen LogP contribution is -2.02. The van der Waals surface area contributed by atoms with Crippen LogP contribution >= 0.6 is 11.8 Å². The van der Waals surface area contributed by atoms with E-state index in [9.17, 15) is 0 Å². The highest BCUT2D eigenvalue weighted by molar-refractivity contribution is 7.99. The lowest BCUT2D eigenvalue weighted by Gasteiger charge is -2.09. The second kappa shape index (κ2) is 7.51. The van der Waals surface area contributed by atoms with Crippen LogP contribution in [0.2, 0.25) is 0 Å². The van der Waals surface area contributed by atoms with Gasteiger partial charge in [-0.25, -0.2) is 4.98 Å². The molecular formula is C18H21N3OS. The molecule has 0 unspecified atom stereocenters. The Labute approximate surface area is 140 Å². The van der Waals surface area contributed by atoms with Crippen LogP contribution < -0.4 is 4.74 Å². The smallest absolute Gasteiger partial charge is 0.227 e. The van der Waals surface area contributed by atoms with Crippen molar-refractivity contribution in [1.82, 2.24) is 14.5 Å². The van der Waals surface area contributed by atoms with Gasteiger partial charge in [0.25, 0.3) is 0 Å². The Morgan fingerprint density at radius 3 is 2.61 bits per heavy atom. The zero-order chi connectivity index (χ0) is 16.1. The first-order chi connectivity index (χ1) is 11.3. The number of aromatic nitrogens is 3. The molecule has 23 heavy (non-hydrogen) atoms. The first kappa shape index (κ1) is 15.9. The molecule has 0 radical (unpaired) electrons. The van der Waals surface area contributed by atoms with Crippen LogP contribution in [0.1, 0.15) is 26.7 Å². The average molecular weight is 327 g/mol. The number of para-hydroxylation sites is 1. The van der Waals surface area contributed by atoms with Gasteiger partial charge in [-0.15, -0.1) is 0 Å². The van der Waals surface area contributed by atoms with Gasteiger partial charge >= 0.3 is 0 Å². The van der Waals surface area contributed by atoms with Crippen molar-refractivity contribution >= 4 is 22.8 Å². The van der Waals surface area contributed by atoms with Crippen LogP contribution in [0.15, 0.2) is 47.8 Å². The number of nitrogens with zero attached hydrogens (tertiary/aromatic N) is 3. The predicted molar refractivity (Wildman–Crippen MR) is 95.7 cm³/mol. The zero-order valence-corrected chi connectivity index (χ0v) is 14.3. The van der Waals surface area contributed by atoms with Gasteiger partial charge in [0.1, 0.15) is 0 Å². The van der Waals surface area contributed by atoms with Gasteiger partial charge in [-0.05, 0) is 31.0 Å². The zero-order valence-electron chi connectivity index (χ0n) is 13.5. The third-order valence-electron chi connectivity index (χ3n) is 3.40. The second-order valence-corrected chi connectivity index (χ2v) is 6.33. The normalized spacial score (nSPS) is 11.0. The molecule has 0 bridgehead atoms. The Kier molecular flexibility index (Phi) is 5.18. The molecule has 0 atom stereocenters. The highest BCUT2D eigenvalue weighted by Gasteiger charge is 2.14. The lowest BCUT2D eigenvalue weighted by atomic mass is 10.3. The molecule has 4 nitrogen and oxygen atoms in total. The molecule has 0 spiro atoms. The summed E-state index contributed by atoms with van der Waals surface area (Å²) >= 11 is 1.67. The SMILES string of the molecule is CCCOc1nc(SCCC)nc2c1ccn2-c1ccccc1. The largest absolute Gasteiger partial charge is 0.477 e. The summed E-state index contributed by atoms with van der Waals surface area (Å²) < 4.78 is 7.95. The van der Waals surface area contributed by atoms with Crippen LogP contribution in [0.3, 0.4) is 0 Å². The summed E-state index contributed by atoms with van der Waals surface area (Å²) in [4.78, 5) is 9.35. The van der Waals surface area contributed by atoms with E-state index in [1.807, 2.05) is 30.5 Å². The number of ether oxygens (including phenoxy) is 1. The third-order valence-corrected chi connectivity index (χ3v) is 4.45. The summed E-state index contributed by atoms with van der Waals surface area (Å²) in [5.41, 5.74) is 1.99. The predicted octanol–water partition coefficient (Wildman–Crippen LogP) is 4.71. The van der Waals surface area contributed by atoms with Crippen LogP contribution in [0.25, 0.3) is 16.7 Å². The van der Waals surface area contributed by atoms with Crippen molar-refractivity contribution in [3.05, 3.63) is 42.6 Å². The maximum absolute atomic E-state index is 5.86. The van der Waals surface area contributed by atoms with Crippen molar-refractivity contribution in [2.45, 2.75) is 31.8 Å². The van der Waals surface area contributed by atoms with Crippen LogP contribution in [-0.4, -0.2) is 26.9 Å². The highest BCUT2D eigenvalue weighted by Crippen LogP contribution is 2.29. The van der Waals surface area contributed by atoms with Gasteiger partial charge in [0, 0.05) is 17.6 Å². The summed E-state index contributed by atoms with van der Waals surface area (Å²) in [5.74, 6) is 1.69. The molecular weight excluding hydrogens is 306 g/mol. The number of hydrogen-bond donors (Lipinski definition) is 0. The molecule has 3 rings (SSSR count). The van der Waals surface area contributed by atoms with Crippen LogP contribution in [0.4, 0.5) is 0 Å². The molecule has 0 amide bonds. The summed E-state index contributed by atoms with van der Waals surface area (Å²) in [7, 11) is 0. The van der Waals surface area contributed by atoms with E-state index in [-0.39, 0.29) is 0 Å². The van der Waals surface area contributed by atoms with Crippen molar-refractivity contribution in [2.75, 3.05) is 12.4 Å². The fraction of sp³-hybridized carbons (Fsp3) is 0.333. The minimum Gasteiger partial charge on any atom is -0.477 e. The van der Waals surface area contributed by atoms with E-state index in [2.05, 4.69) is 35.5 Å². The standard InChI is InChI=1S/C18H21N3OS/c1-3-12-22-17-15-10-11-21(14-8-6-5-7-9-14)16(15)19-18(20-17)23-13-4-2/h5-11H,3-4,12-13H2,1-2H3. The monoisotopic (exact) mass is 327 g/mol. The fourth-order valence-electron chi connectivity index (χ4n) is 2.33. The maximum atomic E-state index is 5.86. The van der Waals surface area contributed by atoms with E-state index in [0.717, 1.165) is 40.5 Å². The van der Waals surface area contributed by atoms with Crippen molar-refractivity contribution < 1.29 is 4.74 Å². The second-order valence-electron chi connectivity index (χ2n) is 5.27. The van der Waals surface area contributed by atoms with Gasteiger partial charge in [-0.2, -0.15) is 4.98 Å². The first-order valence-electron chi connectivity index (χ1n) is 8.03. The molecule has 120 valence electrons. The van der Waals surface area contributed by atoms with Crippen LogP contribution in [0, 0.1) is 0 Å². The molecule has 0 saturated heterocycles. The van der Waals surface area contributed by atoms with E-state index in [0.29, 0.717) is 12.5 Å². The summed E-state index contributed by atoms with van der Waals surface area (Å²) in [6.45, 7) is 4.92. The molecule has 0 N–H and O–H groups in total. The fourth-order valence-corrected chi connectivity index (χ4v) is 3.02. The lowest BCUT2D eigenvalue weighted by molar-refractivity contribution is 0.306. The van der Waals surface area contributed by atoms with Crippen molar-refractivity contribution in [3.63, 3.8) is 0 Å². The Morgan fingerprint density at radius 1 is 1.04 bits per heavy atom. The maximum Gasteiger partial charge on any atom is 0.227 e. The van der Waals surface area contributed by atoms with Gasteiger partial charge in [-0.3, -0.25) is 0 Å². The van der Waals surface area contributed by atoms with Gasteiger partial charge in [0.15, 0.2) is 10.8 Å². The number of rotatable bonds is 7. The van der Waals surface area contributed by atoms with Gasteiger partial charge in [0.05, 0.1) is 12.0 Å². The number of thioether (sulfide) groups is 1. The van der Waals surface area contributed by atoms with E-state index >= 15 is 0 Å². The van der Waals surface area contributed by atoms with Gasteiger partial charge < -0.3 is 9.30 Å². The van der Waals surface area contributed by atoms with E-state index in [4.69, 9.17) is 9.72 Å². The molecule has 2 heterocycles. The average Bonchev–Trinajstić information content (AvgIpc) is 3.02. The van der Waals surface area contributed by atoms with Crippen LogP contribution in [0.5, 0.6) is 5.88 Å². The molecule has 0 aliphatic rings. The number of hydrogen-bond acceptors (Lipinski definition) is 4. The van der Waals surface area contributed by atoms with Crippen molar-refractivity contribution in [2.24, 2.45) is 0 Å². The van der Waals surface area contributed by atoms with E-state index in [1.54, 1.807) is 11.8 Å². The van der Waals surface area contributed by atoms with Gasteiger partial charge in [-0.1, -0.05) is 43.8 Å². The summed E-state index contributed by atoms with van der Waals surface area (Å²) in [6, 6.07) is 12.3. The molecule has 1 aromatic carbocycles. The summed E-state index contributed by atoms with van der Waals surface area (Å²) in [5, 5.41) is 1.74. The molecule has 3 aromatic rings. The molecule has 2 aromatic heterocycles. The van der Waals surface area contributed by atoms with Crippen molar-refractivity contribution in [1.29, 1.82) is 0 Å². The molecule has 0 fully saturated rings. The van der Waals surface area contributed by atoms with E-state index < -0.39 is 0 Å². The molecule has 0 aliphatic carbocycles. The quantitative estimate of drug-likeness (QED) is 0.465. The Balaban J connectivity index is 2.09. The van der Waals surface area contributed by atoms with Crippen molar-refractivity contribution in [3.8, 4) is 11.6 Å². The Morgan fingerprint density at radius 2 is 1.87 bits per heavy atom. The number of benzene rings is 1. The molecule has 0 aliphatic heterocycles. The Bertz CT molecular complexity index is 771. The Hall–Kier alpha value is -2.01. The minimum atomic E-state index is 0.667. The van der Waals surface area contributed by atoms with Gasteiger partial charge in [0.2, 0.25) is 5.88 Å². The first-order valence-corrected chi connectivity index (χ1v) is 9.02. The molecule has 5 heteroatoms. The number of fused-ring (bicyclic) bond motifs is 1. The minimum absolute atomic E-state index is 0.667. The third kappa shape index (κ3) is 3.50. The van der Waals surface area contributed by atoms with E-state index in [1.165, 1.54) is 0 Å². The van der Waals surface area contributed by atoms with Crippen LogP contribution in [-0.2, 0) is 0 Å². The topological polar surface area (TPSA) is 39.9 Å². The molecule has 0 saturated carbocycles. The summed E-state index contributed by atoms with van der Waals surface area (Å²) in [6.07, 6.45) is 4.08. The highest BCUT2D eigenvalue weighted by atomic mass is 32.2.